The van der Waals surface area contributed by atoms with Crippen LogP contribution in [0.15, 0.2) is 83.8 Å². The van der Waals surface area contributed by atoms with Gasteiger partial charge < -0.3 is 10.2 Å². The summed E-state index contributed by atoms with van der Waals surface area (Å²) in [5.41, 5.74) is 3.55. The molecule has 3 aromatic carbocycles. The molecule has 0 saturated carbocycles. The SMILES string of the molecule is Cc1cccc(N(CC(=O)NCc2ccc(N3CCCC3)cc2)S(=O)(=O)c2ccccc2)c1. The first-order valence-electron chi connectivity index (χ1n) is 11.2. The Morgan fingerprint density at radius 2 is 1.64 bits per heavy atom. The molecule has 1 aliphatic heterocycles. The Labute approximate surface area is 195 Å². The van der Waals surface area contributed by atoms with E-state index in [4.69, 9.17) is 0 Å². The van der Waals surface area contributed by atoms with Gasteiger partial charge >= 0.3 is 0 Å². The van der Waals surface area contributed by atoms with E-state index in [1.807, 2.05) is 25.1 Å². The molecule has 0 unspecified atom stereocenters. The van der Waals surface area contributed by atoms with Gasteiger partial charge in [0.25, 0.3) is 10.0 Å². The van der Waals surface area contributed by atoms with Crippen molar-refractivity contribution in [1.82, 2.24) is 5.32 Å². The molecule has 1 amide bonds. The average Bonchev–Trinajstić information content (AvgIpc) is 3.37. The van der Waals surface area contributed by atoms with Crippen LogP contribution in [0.1, 0.15) is 24.0 Å². The molecule has 0 atom stereocenters. The highest BCUT2D eigenvalue weighted by atomic mass is 32.2. The van der Waals surface area contributed by atoms with Crippen LogP contribution in [-0.2, 0) is 21.4 Å². The van der Waals surface area contributed by atoms with Gasteiger partial charge in [-0.3, -0.25) is 9.10 Å². The Morgan fingerprint density at radius 1 is 0.939 bits per heavy atom. The highest BCUT2D eigenvalue weighted by molar-refractivity contribution is 7.92. The van der Waals surface area contributed by atoms with Gasteiger partial charge in [-0.15, -0.1) is 0 Å². The molecule has 1 N–H and O–H groups in total. The molecule has 1 heterocycles. The summed E-state index contributed by atoms with van der Waals surface area (Å²) in [6.45, 7) is 4.10. The fraction of sp³-hybridized carbons (Fsp3) is 0.269. The van der Waals surface area contributed by atoms with E-state index in [1.165, 1.54) is 35.0 Å². The first kappa shape index (κ1) is 22.9. The van der Waals surface area contributed by atoms with Crippen molar-refractivity contribution in [2.24, 2.45) is 0 Å². The lowest BCUT2D eigenvalue weighted by Gasteiger charge is -2.24. The number of carbonyl (C=O) groups excluding carboxylic acids is 1. The predicted molar refractivity (Wildman–Crippen MR) is 132 cm³/mol. The van der Waals surface area contributed by atoms with Crippen LogP contribution in [0.25, 0.3) is 0 Å². The standard InChI is InChI=1S/C26H29N3O3S/c1-21-8-7-9-24(18-21)29(33(31,32)25-10-3-2-4-11-25)20-26(30)27-19-22-12-14-23(15-13-22)28-16-5-6-17-28/h2-4,7-15,18H,5-6,16-17,19-20H2,1H3,(H,27,30). The minimum Gasteiger partial charge on any atom is -0.372 e. The van der Waals surface area contributed by atoms with Gasteiger partial charge in [0.2, 0.25) is 5.91 Å². The molecule has 1 fully saturated rings. The summed E-state index contributed by atoms with van der Waals surface area (Å²) in [5.74, 6) is -0.361. The highest BCUT2D eigenvalue weighted by Gasteiger charge is 2.27. The van der Waals surface area contributed by atoms with Gasteiger partial charge in [-0.25, -0.2) is 8.42 Å². The highest BCUT2D eigenvalue weighted by Crippen LogP contribution is 2.24. The van der Waals surface area contributed by atoms with Gasteiger partial charge in [-0.2, -0.15) is 0 Å². The fourth-order valence-corrected chi connectivity index (χ4v) is 5.44. The summed E-state index contributed by atoms with van der Waals surface area (Å²) >= 11 is 0. The van der Waals surface area contributed by atoms with Gasteiger partial charge in [-0.1, -0.05) is 42.5 Å². The minimum atomic E-state index is -3.90. The number of benzene rings is 3. The van der Waals surface area contributed by atoms with Crippen molar-refractivity contribution in [2.45, 2.75) is 31.2 Å². The van der Waals surface area contributed by atoms with Crippen LogP contribution in [0.5, 0.6) is 0 Å². The number of hydrogen-bond donors (Lipinski definition) is 1. The van der Waals surface area contributed by atoms with E-state index in [9.17, 15) is 13.2 Å². The Hall–Kier alpha value is -3.32. The lowest BCUT2D eigenvalue weighted by molar-refractivity contribution is -0.119. The van der Waals surface area contributed by atoms with E-state index in [-0.39, 0.29) is 17.3 Å². The Kier molecular flexibility index (Phi) is 6.99. The third-order valence-electron chi connectivity index (χ3n) is 5.81. The van der Waals surface area contributed by atoms with Crippen molar-refractivity contribution in [2.75, 3.05) is 28.8 Å². The average molecular weight is 464 g/mol. The van der Waals surface area contributed by atoms with Gasteiger partial charge in [0, 0.05) is 25.3 Å². The Balaban J connectivity index is 1.47. The van der Waals surface area contributed by atoms with E-state index in [0.717, 1.165) is 24.2 Å². The molecule has 4 rings (SSSR count). The molecule has 172 valence electrons. The maximum Gasteiger partial charge on any atom is 0.264 e. The molecule has 1 aliphatic rings. The van der Waals surface area contributed by atoms with Crippen LogP contribution in [0, 0.1) is 6.92 Å². The fourth-order valence-electron chi connectivity index (χ4n) is 4.00. The van der Waals surface area contributed by atoms with Gasteiger partial charge in [0.1, 0.15) is 6.54 Å². The lowest BCUT2D eigenvalue weighted by Crippen LogP contribution is -2.40. The van der Waals surface area contributed by atoms with Crippen LogP contribution in [0.4, 0.5) is 11.4 Å². The van der Waals surface area contributed by atoms with Crippen molar-refractivity contribution in [3.63, 3.8) is 0 Å². The maximum atomic E-state index is 13.4. The summed E-state index contributed by atoms with van der Waals surface area (Å²) in [6, 6.07) is 23.5. The second-order valence-corrected chi connectivity index (χ2v) is 10.2. The molecular formula is C26H29N3O3S. The van der Waals surface area contributed by atoms with E-state index >= 15 is 0 Å². The number of nitrogens with one attached hydrogen (secondary N) is 1. The number of rotatable bonds is 8. The second kappa shape index (κ2) is 10.1. The molecule has 0 aromatic heterocycles. The molecule has 0 aliphatic carbocycles. The monoisotopic (exact) mass is 463 g/mol. The normalized spacial score (nSPS) is 13.7. The smallest absolute Gasteiger partial charge is 0.264 e. The number of anilines is 2. The summed E-state index contributed by atoms with van der Waals surface area (Å²) in [7, 11) is -3.90. The van der Waals surface area contributed by atoms with Gasteiger partial charge in [-0.05, 0) is 67.3 Å². The number of nitrogens with zero attached hydrogens (tertiary/aromatic N) is 2. The third-order valence-corrected chi connectivity index (χ3v) is 7.59. The molecule has 0 bridgehead atoms. The van der Waals surface area contributed by atoms with Crippen molar-refractivity contribution in [1.29, 1.82) is 0 Å². The van der Waals surface area contributed by atoms with E-state index < -0.39 is 10.0 Å². The van der Waals surface area contributed by atoms with E-state index in [0.29, 0.717) is 12.2 Å². The van der Waals surface area contributed by atoms with Crippen LogP contribution in [-0.4, -0.2) is 34.0 Å². The quantitative estimate of drug-likeness (QED) is 0.546. The zero-order chi connectivity index (χ0) is 23.3. The summed E-state index contributed by atoms with van der Waals surface area (Å²) < 4.78 is 27.9. The van der Waals surface area contributed by atoms with E-state index in [2.05, 4.69) is 22.3 Å². The second-order valence-electron chi connectivity index (χ2n) is 8.30. The van der Waals surface area contributed by atoms with Crippen molar-refractivity contribution < 1.29 is 13.2 Å². The Morgan fingerprint density at radius 3 is 2.30 bits per heavy atom. The topological polar surface area (TPSA) is 69.7 Å². The minimum absolute atomic E-state index is 0.150. The van der Waals surface area contributed by atoms with Gasteiger partial charge in [0.05, 0.1) is 10.6 Å². The number of amides is 1. The molecule has 33 heavy (non-hydrogen) atoms. The van der Waals surface area contributed by atoms with Crippen molar-refractivity contribution in [3.05, 3.63) is 90.0 Å². The number of aryl methyl sites for hydroxylation is 1. The van der Waals surface area contributed by atoms with E-state index in [1.54, 1.807) is 36.4 Å². The molecule has 1 saturated heterocycles. The summed E-state index contributed by atoms with van der Waals surface area (Å²) in [4.78, 5) is 15.3. The van der Waals surface area contributed by atoms with Crippen LogP contribution in [0.2, 0.25) is 0 Å². The Bertz CT molecular complexity index is 1190. The summed E-state index contributed by atoms with van der Waals surface area (Å²) in [6.07, 6.45) is 2.45. The first-order valence-corrected chi connectivity index (χ1v) is 12.6. The molecule has 3 aromatic rings. The van der Waals surface area contributed by atoms with Crippen LogP contribution in [0.3, 0.4) is 0 Å². The molecule has 7 heteroatoms. The molecule has 6 nitrogen and oxygen atoms in total. The molecular weight excluding hydrogens is 434 g/mol. The van der Waals surface area contributed by atoms with Crippen LogP contribution >= 0.6 is 0 Å². The summed E-state index contributed by atoms with van der Waals surface area (Å²) in [5, 5.41) is 2.87. The van der Waals surface area contributed by atoms with Crippen molar-refractivity contribution in [3.8, 4) is 0 Å². The zero-order valence-electron chi connectivity index (χ0n) is 18.8. The first-order chi connectivity index (χ1) is 15.9. The maximum absolute atomic E-state index is 13.4. The largest absolute Gasteiger partial charge is 0.372 e. The number of sulfonamides is 1. The third kappa shape index (κ3) is 5.54. The lowest BCUT2D eigenvalue weighted by atomic mass is 10.2. The van der Waals surface area contributed by atoms with Gasteiger partial charge in [0.15, 0.2) is 0 Å². The number of hydrogen-bond acceptors (Lipinski definition) is 4. The number of carbonyl (C=O) groups is 1. The molecule has 0 spiro atoms. The predicted octanol–water partition coefficient (Wildman–Crippen LogP) is 4.11. The zero-order valence-corrected chi connectivity index (χ0v) is 19.6. The van der Waals surface area contributed by atoms with Crippen molar-refractivity contribution >= 4 is 27.3 Å². The molecule has 0 radical (unpaired) electrons. The van der Waals surface area contributed by atoms with Crippen LogP contribution < -0.4 is 14.5 Å².